The van der Waals surface area contributed by atoms with Crippen LogP contribution >= 0.6 is 0 Å². The lowest BCUT2D eigenvalue weighted by molar-refractivity contribution is 0.489. The minimum absolute atomic E-state index is 0.0536. The van der Waals surface area contributed by atoms with Crippen molar-refractivity contribution in [3.8, 4) is 0 Å². The third kappa shape index (κ3) is 2.72. The van der Waals surface area contributed by atoms with Gasteiger partial charge in [0.1, 0.15) is 5.70 Å². The molecule has 0 saturated heterocycles. The second-order valence-corrected chi connectivity index (χ2v) is 7.54. The Labute approximate surface area is 163 Å². The first-order valence-corrected chi connectivity index (χ1v) is 9.53. The molecule has 0 bridgehead atoms. The molecule has 0 atom stereocenters. The largest absolute Gasteiger partial charge is 0.503 e. The normalized spacial score (nSPS) is 13.1. The summed E-state index contributed by atoms with van der Waals surface area (Å²) in [5, 5.41) is 11.1. The minimum Gasteiger partial charge on any atom is -0.503 e. The van der Waals surface area contributed by atoms with E-state index in [2.05, 4.69) is 32.7 Å². The number of hydrogen-bond donors (Lipinski definition) is 2. The maximum Gasteiger partial charge on any atom is 0.186 e. The van der Waals surface area contributed by atoms with Gasteiger partial charge in [0.25, 0.3) is 0 Å². The van der Waals surface area contributed by atoms with Gasteiger partial charge in [-0.25, -0.2) is 9.97 Å². The molecule has 4 aromatic rings. The number of imidazole rings is 2. The molecule has 6 heteroatoms. The molecule has 144 valence electrons. The molecule has 2 heterocycles. The van der Waals surface area contributed by atoms with Gasteiger partial charge in [-0.1, -0.05) is 24.3 Å². The van der Waals surface area contributed by atoms with Crippen molar-refractivity contribution in [3.63, 3.8) is 0 Å². The van der Waals surface area contributed by atoms with Crippen molar-refractivity contribution in [2.24, 2.45) is 5.73 Å². The molecule has 28 heavy (non-hydrogen) atoms. The highest BCUT2D eigenvalue weighted by molar-refractivity contribution is 5.88. The molecule has 4 rings (SSSR count). The highest BCUT2D eigenvalue weighted by atomic mass is 16.3. The second kappa shape index (κ2) is 6.71. The van der Waals surface area contributed by atoms with Gasteiger partial charge in [-0.3, -0.25) is 0 Å². The summed E-state index contributed by atoms with van der Waals surface area (Å²) in [5.74, 6) is 0.953. The van der Waals surface area contributed by atoms with Crippen LogP contribution in [0.1, 0.15) is 51.4 Å². The summed E-state index contributed by atoms with van der Waals surface area (Å²) < 4.78 is 4.04. The van der Waals surface area contributed by atoms with Gasteiger partial charge in [-0.2, -0.15) is 0 Å². The van der Waals surface area contributed by atoms with E-state index in [9.17, 15) is 5.11 Å². The fraction of sp³-hybridized carbons (Fsp3) is 0.273. The average molecular weight is 375 g/mol. The standard InChI is InChI=1S/C22H25N5O/c1-13(2)26-17-11-7-5-9-15(17)24-21(26)19(23)20(28)22-25-16-10-6-8-12-18(16)27(22)14(3)4/h5-14,28H,23H2,1-4H3. The predicted molar refractivity (Wildman–Crippen MR) is 114 cm³/mol. The van der Waals surface area contributed by atoms with Crippen molar-refractivity contribution in [1.29, 1.82) is 0 Å². The third-order valence-corrected chi connectivity index (χ3v) is 4.93. The molecule has 6 nitrogen and oxygen atoms in total. The lowest BCUT2D eigenvalue weighted by Crippen LogP contribution is -2.14. The van der Waals surface area contributed by atoms with E-state index < -0.39 is 0 Å². The molecule has 0 fully saturated rings. The summed E-state index contributed by atoms with van der Waals surface area (Å²) in [5.41, 5.74) is 10.3. The fourth-order valence-corrected chi connectivity index (χ4v) is 3.72. The van der Waals surface area contributed by atoms with Crippen LogP contribution in [0.5, 0.6) is 0 Å². The molecule has 0 spiro atoms. The van der Waals surface area contributed by atoms with E-state index in [0.717, 1.165) is 22.1 Å². The number of rotatable bonds is 4. The summed E-state index contributed by atoms with van der Waals surface area (Å²) >= 11 is 0. The zero-order valence-electron chi connectivity index (χ0n) is 16.6. The van der Waals surface area contributed by atoms with Gasteiger partial charge in [0.15, 0.2) is 17.4 Å². The summed E-state index contributed by atoms with van der Waals surface area (Å²) in [7, 11) is 0. The molecular weight excluding hydrogens is 350 g/mol. The number of aliphatic hydroxyl groups excluding tert-OH is 1. The summed E-state index contributed by atoms with van der Waals surface area (Å²) in [6.45, 7) is 8.27. The quantitative estimate of drug-likeness (QED) is 0.498. The SMILES string of the molecule is CC(C)n1c(C(N)=C(O)c2nc3ccccc3n2C(C)C)nc2ccccc21. The van der Waals surface area contributed by atoms with Crippen LogP contribution in [0.2, 0.25) is 0 Å². The molecule has 0 radical (unpaired) electrons. The van der Waals surface area contributed by atoms with Crippen LogP contribution in [-0.4, -0.2) is 24.2 Å². The first-order chi connectivity index (χ1) is 13.4. The lowest BCUT2D eigenvalue weighted by atomic mass is 10.2. The first-order valence-electron chi connectivity index (χ1n) is 9.53. The van der Waals surface area contributed by atoms with Crippen molar-refractivity contribution in [1.82, 2.24) is 19.1 Å². The Morgan fingerprint density at radius 1 is 0.786 bits per heavy atom. The zero-order valence-corrected chi connectivity index (χ0v) is 16.6. The molecule has 2 aromatic heterocycles. The highest BCUT2D eigenvalue weighted by Gasteiger charge is 2.23. The van der Waals surface area contributed by atoms with Gasteiger partial charge in [-0.05, 0) is 52.0 Å². The maximum atomic E-state index is 11.1. The van der Waals surface area contributed by atoms with Crippen molar-refractivity contribution < 1.29 is 5.11 Å². The number of para-hydroxylation sites is 4. The fourth-order valence-electron chi connectivity index (χ4n) is 3.72. The zero-order chi connectivity index (χ0) is 20.0. The lowest BCUT2D eigenvalue weighted by Gasteiger charge is -2.16. The molecule has 0 amide bonds. The molecular formula is C22H25N5O. The van der Waals surface area contributed by atoms with Gasteiger partial charge in [-0.15, -0.1) is 0 Å². The second-order valence-electron chi connectivity index (χ2n) is 7.54. The molecule has 0 aliphatic rings. The molecule has 0 aliphatic heterocycles. The highest BCUT2D eigenvalue weighted by Crippen LogP contribution is 2.30. The number of aliphatic hydroxyl groups is 1. The van der Waals surface area contributed by atoms with Gasteiger partial charge in [0.05, 0.1) is 22.1 Å². The van der Waals surface area contributed by atoms with Crippen LogP contribution in [-0.2, 0) is 0 Å². The van der Waals surface area contributed by atoms with Crippen molar-refractivity contribution in [2.45, 2.75) is 39.8 Å². The number of fused-ring (bicyclic) bond motifs is 2. The summed E-state index contributed by atoms with van der Waals surface area (Å²) in [6.07, 6.45) is 0. The number of nitrogens with two attached hydrogens (primary N) is 1. The Morgan fingerprint density at radius 2 is 1.21 bits per heavy atom. The summed E-state index contributed by atoms with van der Waals surface area (Å²) in [4.78, 5) is 9.34. The molecule has 2 aromatic carbocycles. The van der Waals surface area contributed by atoms with Crippen LogP contribution in [0.4, 0.5) is 0 Å². The Morgan fingerprint density at radius 3 is 1.71 bits per heavy atom. The molecule has 3 N–H and O–H groups in total. The van der Waals surface area contributed by atoms with E-state index in [1.54, 1.807) is 0 Å². The Balaban J connectivity index is 1.98. The van der Waals surface area contributed by atoms with E-state index in [1.807, 2.05) is 57.7 Å². The number of benzene rings is 2. The topological polar surface area (TPSA) is 81.9 Å². The Hall–Kier alpha value is -3.28. The van der Waals surface area contributed by atoms with E-state index >= 15 is 0 Å². The Kier molecular flexibility index (Phi) is 4.34. The van der Waals surface area contributed by atoms with Gasteiger partial charge < -0.3 is 20.0 Å². The van der Waals surface area contributed by atoms with Crippen molar-refractivity contribution >= 4 is 33.5 Å². The van der Waals surface area contributed by atoms with Crippen LogP contribution < -0.4 is 5.73 Å². The number of nitrogens with zero attached hydrogens (tertiary/aromatic N) is 4. The molecule has 0 saturated carbocycles. The van der Waals surface area contributed by atoms with E-state index in [-0.39, 0.29) is 23.5 Å². The average Bonchev–Trinajstić information content (AvgIpc) is 3.25. The molecule has 0 aliphatic carbocycles. The minimum atomic E-state index is -0.0536. The van der Waals surface area contributed by atoms with Gasteiger partial charge in [0.2, 0.25) is 0 Å². The maximum absolute atomic E-state index is 11.1. The van der Waals surface area contributed by atoms with Crippen molar-refractivity contribution in [3.05, 3.63) is 60.2 Å². The van der Waals surface area contributed by atoms with Crippen molar-refractivity contribution in [2.75, 3.05) is 0 Å². The molecule has 0 unspecified atom stereocenters. The Bertz CT molecular complexity index is 1100. The first kappa shape index (κ1) is 18.1. The van der Waals surface area contributed by atoms with Crippen LogP contribution in [0, 0.1) is 0 Å². The van der Waals surface area contributed by atoms with Crippen LogP contribution in [0.15, 0.2) is 48.5 Å². The van der Waals surface area contributed by atoms with Gasteiger partial charge >= 0.3 is 0 Å². The predicted octanol–water partition coefficient (Wildman–Crippen LogP) is 4.89. The van der Waals surface area contributed by atoms with E-state index in [0.29, 0.717) is 11.6 Å². The van der Waals surface area contributed by atoms with Gasteiger partial charge in [0, 0.05) is 12.1 Å². The third-order valence-electron chi connectivity index (χ3n) is 4.93. The number of aromatic nitrogens is 4. The number of hydrogen-bond acceptors (Lipinski definition) is 4. The monoisotopic (exact) mass is 375 g/mol. The van der Waals surface area contributed by atoms with E-state index in [4.69, 9.17) is 10.7 Å². The van der Waals surface area contributed by atoms with Crippen LogP contribution in [0.25, 0.3) is 33.5 Å². The summed E-state index contributed by atoms with van der Waals surface area (Å²) in [6, 6.07) is 16.0. The smallest absolute Gasteiger partial charge is 0.186 e. The van der Waals surface area contributed by atoms with E-state index in [1.165, 1.54) is 0 Å². The van der Waals surface area contributed by atoms with Crippen LogP contribution in [0.3, 0.4) is 0 Å².